The van der Waals surface area contributed by atoms with Crippen LogP contribution in [0, 0.1) is 0 Å². The fourth-order valence-electron chi connectivity index (χ4n) is 0.953. The summed E-state index contributed by atoms with van der Waals surface area (Å²) >= 11 is 0. The lowest BCUT2D eigenvalue weighted by molar-refractivity contribution is 0.470. The lowest BCUT2D eigenvalue weighted by Crippen LogP contribution is -1.85. The van der Waals surface area contributed by atoms with Gasteiger partial charge < -0.3 is 8.83 Å². The standard InChI is InChI=1S/C6H9NO.C5H8N2O.C2H6/c1-5(2)6-7-3-4-8-6;1-4(2)5-7-6-3-8-5;1-2/h3-5H,1-2H3;3-4H,1-2H3;1-2H3. The maximum absolute atomic E-state index is 4.98. The van der Waals surface area contributed by atoms with Crippen molar-refractivity contribution < 1.29 is 8.83 Å². The van der Waals surface area contributed by atoms with Crippen LogP contribution >= 0.6 is 0 Å². The van der Waals surface area contributed by atoms with E-state index >= 15 is 0 Å². The van der Waals surface area contributed by atoms with Gasteiger partial charge in [-0.25, -0.2) is 4.98 Å². The fourth-order valence-corrected chi connectivity index (χ4v) is 0.953. The molecule has 0 aromatic carbocycles. The zero-order valence-electron chi connectivity index (χ0n) is 12.0. The van der Waals surface area contributed by atoms with Crippen molar-refractivity contribution in [3.8, 4) is 0 Å². The van der Waals surface area contributed by atoms with Crippen LogP contribution in [0.1, 0.15) is 65.2 Å². The molecule has 0 bridgehead atoms. The molecule has 5 nitrogen and oxygen atoms in total. The molecule has 0 spiro atoms. The maximum atomic E-state index is 4.98. The molecule has 0 aliphatic heterocycles. The van der Waals surface area contributed by atoms with Crippen LogP contribution in [0.15, 0.2) is 27.7 Å². The first-order valence-corrected chi connectivity index (χ1v) is 6.26. The summed E-state index contributed by atoms with van der Waals surface area (Å²) in [7, 11) is 0. The Morgan fingerprint density at radius 3 is 1.78 bits per heavy atom. The minimum Gasteiger partial charge on any atom is -0.449 e. The second-order valence-corrected chi connectivity index (χ2v) is 3.96. The summed E-state index contributed by atoms with van der Waals surface area (Å²) in [5, 5.41) is 7.23. The second-order valence-electron chi connectivity index (χ2n) is 3.96. The second kappa shape index (κ2) is 9.39. The van der Waals surface area contributed by atoms with Gasteiger partial charge in [-0.3, -0.25) is 0 Å². The molecule has 102 valence electrons. The molecule has 0 aliphatic rings. The van der Waals surface area contributed by atoms with E-state index in [-0.39, 0.29) is 0 Å². The monoisotopic (exact) mass is 253 g/mol. The van der Waals surface area contributed by atoms with Gasteiger partial charge in [-0.2, -0.15) is 0 Å². The van der Waals surface area contributed by atoms with E-state index in [9.17, 15) is 0 Å². The summed E-state index contributed by atoms with van der Waals surface area (Å²) in [6.07, 6.45) is 4.60. The van der Waals surface area contributed by atoms with E-state index in [1.165, 1.54) is 6.39 Å². The maximum Gasteiger partial charge on any atom is 0.218 e. The third-order valence-corrected chi connectivity index (χ3v) is 1.82. The van der Waals surface area contributed by atoms with Crippen molar-refractivity contribution in [2.24, 2.45) is 0 Å². The van der Waals surface area contributed by atoms with Crippen molar-refractivity contribution in [2.45, 2.75) is 53.4 Å². The minimum absolute atomic E-state index is 0.345. The quantitative estimate of drug-likeness (QED) is 0.808. The summed E-state index contributed by atoms with van der Waals surface area (Å²) in [5.74, 6) is 2.26. The van der Waals surface area contributed by atoms with Gasteiger partial charge in [-0.15, -0.1) is 10.2 Å². The SMILES string of the molecule is CC.CC(C)c1ncco1.CC(C)c1nnco1. The molecule has 0 saturated heterocycles. The van der Waals surface area contributed by atoms with E-state index in [1.807, 2.05) is 41.5 Å². The largest absolute Gasteiger partial charge is 0.449 e. The van der Waals surface area contributed by atoms with E-state index in [0.717, 1.165) is 5.89 Å². The van der Waals surface area contributed by atoms with E-state index in [0.29, 0.717) is 17.7 Å². The molecule has 0 fully saturated rings. The Hall–Kier alpha value is -1.65. The summed E-state index contributed by atoms with van der Waals surface area (Å²) in [6, 6.07) is 0. The highest BCUT2D eigenvalue weighted by Gasteiger charge is 2.01. The molecule has 2 aromatic heterocycles. The average molecular weight is 253 g/mol. The van der Waals surface area contributed by atoms with Crippen LogP contribution in [0.25, 0.3) is 0 Å². The summed E-state index contributed by atoms with van der Waals surface area (Å²) < 4.78 is 9.86. The Bertz CT molecular complexity index is 329. The highest BCUT2D eigenvalue weighted by Crippen LogP contribution is 2.09. The average Bonchev–Trinajstić information content (AvgIpc) is 3.06. The van der Waals surface area contributed by atoms with Crippen molar-refractivity contribution in [1.29, 1.82) is 0 Å². The van der Waals surface area contributed by atoms with Crippen LogP contribution in [-0.4, -0.2) is 15.2 Å². The summed E-state index contributed by atoms with van der Waals surface area (Å²) in [5.41, 5.74) is 0. The molecule has 0 N–H and O–H groups in total. The smallest absolute Gasteiger partial charge is 0.218 e. The molecule has 0 amide bonds. The van der Waals surface area contributed by atoms with Crippen LogP contribution in [0.5, 0.6) is 0 Å². The van der Waals surface area contributed by atoms with Gasteiger partial charge in [-0.1, -0.05) is 41.5 Å². The molecule has 0 unspecified atom stereocenters. The zero-order valence-corrected chi connectivity index (χ0v) is 12.0. The molecule has 0 aliphatic carbocycles. The van der Waals surface area contributed by atoms with Gasteiger partial charge in [-0.05, 0) is 0 Å². The van der Waals surface area contributed by atoms with E-state index < -0.39 is 0 Å². The van der Waals surface area contributed by atoms with Crippen LogP contribution in [0.4, 0.5) is 0 Å². The Morgan fingerprint density at radius 1 is 0.944 bits per heavy atom. The van der Waals surface area contributed by atoms with E-state index in [2.05, 4.69) is 15.2 Å². The highest BCUT2D eigenvalue weighted by molar-refractivity contribution is 4.85. The normalized spacial score (nSPS) is 9.56. The number of aromatic nitrogens is 3. The molecule has 0 saturated carbocycles. The Kier molecular flexibility index (Phi) is 8.53. The van der Waals surface area contributed by atoms with Crippen molar-refractivity contribution >= 4 is 0 Å². The third kappa shape index (κ3) is 6.18. The molecule has 2 heterocycles. The number of hydrogen-bond acceptors (Lipinski definition) is 5. The summed E-state index contributed by atoms with van der Waals surface area (Å²) in [6.45, 7) is 12.1. The first-order chi connectivity index (χ1) is 8.61. The predicted octanol–water partition coefficient (Wildman–Crippen LogP) is 4.02. The number of oxazole rings is 1. The van der Waals surface area contributed by atoms with Gasteiger partial charge in [0.15, 0.2) is 5.89 Å². The number of hydrogen-bond donors (Lipinski definition) is 0. The third-order valence-electron chi connectivity index (χ3n) is 1.82. The summed E-state index contributed by atoms with van der Waals surface area (Å²) in [4.78, 5) is 3.95. The van der Waals surface area contributed by atoms with E-state index in [4.69, 9.17) is 8.83 Å². The predicted molar refractivity (Wildman–Crippen MR) is 70.3 cm³/mol. The van der Waals surface area contributed by atoms with Crippen LogP contribution in [0.3, 0.4) is 0 Å². The molecule has 5 heteroatoms. The topological polar surface area (TPSA) is 65.0 Å². The molecular weight excluding hydrogens is 230 g/mol. The molecule has 0 atom stereocenters. The molecular formula is C13H23N3O2. The Balaban J connectivity index is 0.000000283. The number of nitrogens with zero attached hydrogens (tertiary/aromatic N) is 3. The Labute approximate surface area is 109 Å². The first-order valence-electron chi connectivity index (χ1n) is 6.26. The van der Waals surface area contributed by atoms with Gasteiger partial charge in [0.2, 0.25) is 12.3 Å². The fraction of sp³-hybridized carbons (Fsp3) is 0.615. The van der Waals surface area contributed by atoms with Crippen LogP contribution in [0.2, 0.25) is 0 Å². The van der Waals surface area contributed by atoms with Crippen molar-refractivity contribution in [1.82, 2.24) is 15.2 Å². The van der Waals surface area contributed by atoms with E-state index in [1.54, 1.807) is 12.5 Å². The number of rotatable bonds is 2. The highest BCUT2D eigenvalue weighted by atomic mass is 16.4. The molecule has 18 heavy (non-hydrogen) atoms. The molecule has 2 rings (SSSR count). The van der Waals surface area contributed by atoms with Gasteiger partial charge in [0.05, 0.1) is 6.20 Å². The zero-order chi connectivity index (χ0) is 14.0. The van der Waals surface area contributed by atoms with Gasteiger partial charge in [0, 0.05) is 11.8 Å². The van der Waals surface area contributed by atoms with Crippen LogP contribution in [-0.2, 0) is 0 Å². The molecule has 2 aromatic rings. The van der Waals surface area contributed by atoms with Crippen molar-refractivity contribution in [3.63, 3.8) is 0 Å². The lowest BCUT2D eigenvalue weighted by Gasteiger charge is -1.92. The first kappa shape index (κ1) is 16.4. The lowest BCUT2D eigenvalue weighted by atomic mass is 10.2. The van der Waals surface area contributed by atoms with Crippen LogP contribution < -0.4 is 0 Å². The van der Waals surface area contributed by atoms with Crippen molar-refractivity contribution in [2.75, 3.05) is 0 Å². The van der Waals surface area contributed by atoms with Crippen molar-refractivity contribution in [3.05, 3.63) is 30.6 Å². The molecule has 0 radical (unpaired) electrons. The van der Waals surface area contributed by atoms with Gasteiger partial charge in [0.25, 0.3) is 0 Å². The minimum atomic E-state index is 0.345. The Morgan fingerprint density at radius 2 is 1.56 bits per heavy atom. The van der Waals surface area contributed by atoms with Gasteiger partial charge in [0.1, 0.15) is 6.26 Å². The van der Waals surface area contributed by atoms with Gasteiger partial charge >= 0.3 is 0 Å².